The number of carbonyl (C=O) groups excluding carboxylic acids is 2. The molecule has 0 radical (unpaired) electrons. The first-order valence-electron chi connectivity index (χ1n) is 8.17. The van der Waals surface area contributed by atoms with Gasteiger partial charge in [0.15, 0.2) is 0 Å². The van der Waals surface area contributed by atoms with Crippen molar-refractivity contribution >= 4 is 34.7 Å². The maximum absolute atomic E-state index is 10.9. The molecule has 0 aromatic heterocycles. The molecular weight excluding hydrogens is 428 g/mol. The van der Waals surface area contributed by atoms with Crippen LogP contribution in [-0.2, 0) is 29.5 Å². The second kappa shape index (κ2) is 17.4. The molecule has 0 fully saturated rings. The molecule has 0 atom stereocenters. The molecule has 0 rings (SSSR count). The SMILES string of the molecule is C=C(C)C(=O)OCCN(C)C.C=C(C)C(=O)OCC[N+](C)(C)C.Cl.O=S(=O)(O)O. The summed E-state index contributed by atoms with van der Waals surface area (Å²) in [7, 11) is 5.33. The number of carbonyl (C=O) groups is 2. The molecule has 0 bridgehead atoms. The third kappa shape index (κ3) is 41.8. The first-order valence-corrected chi connectivity index (χ1v) is 9.56. The lowest BCUT2D eigenvalue weighted by molar-refractivity contribution is -0.870. The van der Waals surface area contributed by atoms with Crippen molar-refractivity contribution in [2.24, 2.45) is 0 Å². The van der Waals surface area contributed by atoms with Crippen LogP contribution in [0, 0.1) is 0 Å². The summed E-state index contributed by atoms with van der Waals surface area (Å²) in [6.45, 7) is 12.7. The van der Waals surface area contributed by atoms with Crippen molar-refractivity contribution in [2.75, 3.05) is 61.5 Å². The van der Waals surface area contributed by atoms with Crippen LogP contribution in [0.1, 0.15) is 13.8 Å². The average molecular weight is 464 g/mol. The van der Waals surface area contributed by atoms with Gasteiger partial charge in [0.2, 0.25) is 0 Å². The van der Waals surface area contributed by atoms with Crippen LogP contribution in [0.3, 0.4) is 0 Å². The quantitative estimate of drug-likeness (QED) is 0.236. The summed E-state index contributed by atoms with van der Waals surface area (Å²) in [6, 6.07) is 0. The smallest absolute Gasteiger partial charge is 0.394 e. The fraction of sp³-hybridized carbons (Fsp3) is 0.647. The molecule has 0 saturated heterocycles. The number of nitrogens with zero attached hydrogens (tertiary/aromatic N) is 2. The molecule has 0 heterocycles. The molecule has 0 aliphatic heterocycles. The van der Waals surface area contributed by atoms with E-state index in [9.17, 15) is 9.59 Å². The van der Waals surface area contributed by atoms with E-state index in [1.807, 2.05) is 19.0 Å². The second-order valence-corrected chi connectivity index (χ2v) is 7.99. The van der Waals surface area contributed by atoms with Gasteiger partial charge in [0.1, 0.15) is 19.8 Å². The Balaban J connectivity index is -0.000000171. The average Bonchev–Trinajstić information content (AvgIpc) is 2.43. The zero-order valence-electron chi connectivity index (χ0n) is 18.3. The highest BCUT2D eigenvalue weighted by Crippen LogP contribution is 1.94. The van der Waals surface area contributed by atoms with Crippen molar-refractivity contribution in [1.82, 2.24) is 4.90 Å². The number of quaternary nitrogens is 1. The van der Waals surface area contributed by atoms with Crippen molar-refractivity contribution in [2.45, 2.75) is 13.8 Å². The highest BCUT2D eigenvalue weighted by Gasteiger charge is 2.09. The van der Waals surface area contributed by atoms with Crippen molar-refractivity contribution in [3.8, 4) is 0 Å². The Bertz CT molecular complexity index is 605. The normalized spacial score (nSPS) is 10.3. The van der Waals surface area contributed by atoms with E-state index in [0.29, 0.717) is 24.4 Å². The van der Waals surface area contributed by atoms with Crippen LogP contribution in [0.2, 0.25) is 0 Å². The van der Waals surface area contributed by atoms with E-state index in [-0.39, 0.29) is 24.3 Å². The van der Waals surface area contributed by atoms with Gasteiger partial charge in [-0.1, -0.05) is 13.2 Å². The summed E-state index contributed by atoms with van der Waals surface area (Å²) >= 11 is 0. The molecule has 0 amide bonds. The molecule has 0 aliphatic carbocycles. The zero-order valence-corrected chi connectivity index (χ0v) is 19.9. The highest BCUT2D eigenvalue weighted by atomic mass is 35.5. The Morgan fingerprint density at radius 3 is 1.48 bits per heavy atom. The minimum atomic E-state index is -4.67. The molecule has 0 aromatic carbocycles. The summed E-state index contributed by atoms with van der Waals surface area (Å²) in [4.78, 5) is 23.6. The fourth-order valence-corrected chi connectivity index (χ4v) is 0.980. The van der Waals surface area contributed by atoms with E-state index in [2.05, 4.69) is 34.3 Å². The van der Waals surface area contributed by atoms with E-state index >= 15 is 0 Å². The standard InChI is InChI=1S/C9H18NO2.C8H15NO2.ClH.H2O4S/c1-8(2)9(11)12-7-6-10(3,4)5;1-7(2)8(10)11-6-5-9(3)4;;1-5(2,3)4/h1,6-7H2,2-5H3;1,5-6H2,2-4H3;1H;(H2,1,2,3,4)/q+1;;;. The molecule has 0 spiro atoms. The van der Waals surface area contributed by atoms with Gasteiger partial charge >= 0.3 is 22.3 Å². The van der Waals surface area contributed by atoms with Crippen LogP contribution in [-0.4, -0.2) is 100 Å². The Hall–Kier alpha value is -1.50. The first kappa shape index (κ1) is 35.0. The number of ether oxygens (including phenoxy) is 2. The topological polar surface area (TPSA) is 130 Å². The van der Waals surface area contributed by atoms with Gasteiger partial charge in [-0.25, -0.2) is 9.59 Å². The molecule has 0 unspecified atom stereocenters. The van der Waals surface area contributed by atoms with E-state index in [4.69, 9.17) is 27.0 Å². The van der Waals surface area contributed by atoms with Crippen LogP contribution in [0.4, 0.5) is 0 Å². The Labute approximate surface area is 180 Å². The molecule has 12 heteroatoms. The van der Waals surface area contributed by atoms with Gasteiger partial charge in [-0.2, -0.15) is 8.42 Å². The number of esters is 2. The van der Waals surface area contributed by atoms with Gasteiger partial charge in [-0.05, 0) is 27.9 Å². The highest BCUT2D eigenvalue weighted by molar-refractivity contribution is 7.79. The van der Waals surface area contributed by atoms with Crippen LogP contribution in [0.15, 0.2) is 24.3 Å². The predicted octanol–water partition coefficient (Wildman–Crippen LogP) is 1.25. The van der Waals surface area contributed by atoms with Gasteiger partial charge in [0, 0.05) is 17.7 Å². The lowest BCUT2D eigenvalue weighted by Crippen LogP contribution is -2.38. The molecule has 10 nitrogen and oxygen atoms in total. The molecule has 0 aliphatic rings. The van der Waals surface area contributed by atoms with Gasteiger partial charge in [0.25, 0.3) is 0 Å². The van der Waals surface area contributed by atoms with E-state index in [1.165, 1.54) is 0 Å². The summed E-state index contributed by atoms with van der Waals surface area (Å²) in [5, 5.41) is 0. The van der Waals surface area contributed by atoms with Crippen LogP contribution in [0.25, 0.3) is 0 Å². The molecule has 2 N–H and O–H groups in total. The maximum atomic E-state index is 10.9. The van der Waals surface area contributed by atoms with Crippen molar-refractivity contribution in [3.05, 3.63) is 24.3 Å². The van der Waals surface area contributed by atoms with Gasteiger partial charge in [0.05, 0.1) is 21.1 Å². The lowest BCUT2D eigenvalue weighted by Gasteiger charge is -2.23. The number of rotatable bonds is 8. The van der Waals surface area contributed by atoms with Gasteiger partial charge < -0.3 is 18.9 Å². The zero-order chi connectivity index (χ0) is 23.1. The Morgan fingerprint density at radius 1 is 0.931 bits per heavy atom. The van der Waals surface area contributed by atoms with E-state index < -0.39 is 10.4 Å². The van der Waals surface area contributed by atoms with Crippen molar-refractivity contribution in [3.63, 3.8) is 0 Å². The summed E-state index contributed by atoms with van der Waals surface area (Å²) in [6.07, 6.45) is 0. The fourth-order valence-electron chi connectivity index (χ4n) is 0.980. The lowest BCUT2D eigenvalue weighted by atomic mass is 10.4. The maximum Gasteiger partial charge on any atom is 0.394 e. The summed E-state index contributed by atoms with van der Waals surface area (Å²) in [5.74, 6) is -0.615. The second-order valence-electron chi connectivity index (χ2n) is 7.10. The number of halogens is 1. The first-order chi connectivity index (χ1) is 12.4. The van der Waals surface area contributed by atoms with E-state index in [1.54, 1.807) is 13.8 Å². The minimum absolute atomic E-state index is 0. The number of likely N-dealkylation sites (N-methyl/N-ethyl adjacent to an activating group) is 2. The summed E-state index contributed by atoms with van der Waals surface area (Å²) in [5.41, 5.74) is 0.903. The Morgan fingerprint density at radius 2 is 1.24 bits per heavy atom. The predicted molar refractivity (Wildman–Crippen MR) is 114 cm³/mol. The van der Waals surface area contributed by atoms with Crippen LogP contribution < -0.4 is 0 Å². The molecule has 0 aromatic rings. The van der Waals surface area contributed by atoms with Crippen LogP contribution in [0.5, 0.6) is 0 Å². The molecule has 174 valence electrons. The van der Waals surface area contributed by atoms with Gasteiger partial charge in [-0.15, -0.1) is 12.4 Å². The monoisotopic (exact) mass is 463 g/mol. The third-order valence-corrected chi connectivity index (χ3v) is 2.46. The van der Waals surface area contributed by atoms with E-state index in [0.717, 1.165) is 17.6 Å². The largest absolute Gasteiger partial charge is 0.461 e. The minimum Gasteiger partial charge on any atom is -0.461 e. The Kier molecular flexibility index (Phi) is 20.9. The molecule has 29 heavy (non-hydrogen) atoms. The molecular formula is C17H36ClN2O8S+. The van der Waals surface area contributed by atoms with Crippen molar-refractivity contribution in [1.29, 1.82) is 0 Å². The van der Waals surface area contributed by atoms with Crippen molar-refractivity contribution < 1.29 is 41.1 Å². The molecule has 0 saturated carbocycles. The number of hydrogen-bond acceptors (Lipinski definition) is 7. The third-order valence-electron chi connectivity index (χ3n) is 2.46. The summed E-state index contributed by atoms with van der Waals surface area (Å²) < 4.78 is 42.1. The van der Waals surface area contributed by atoms with Crippen LogP contribution >= 0.6 is 12.4 Å². The number of hydrogen-bond donors (Lipinski definition) is 2. The van der Waals surface area contributed by atoms with Gasteiger partial charge in [-0.3, -0.25) is 9.11 Å².